The zero-order valence-corrected chi connectivity index (χ0v) is 13.7. The maximum absolute atomic E-state index is 8.66. The van der Waals surface area contributed by atoms with Crippen molar-refractivity contribution >= 4 is 39.1 Å². The monoisotopic (exact) mass is 367 g/mol. The van der Waals surface area contributed by atoms with E-state index in [1.807, 2.05) is 25.1 Å². The summed E-state index contributed by atoms with van der Waals surface area (Å²) in [5.74, 6) is 0.0397. The Hall–Kier alpha value is -1.72. The average Bonchev–Trinajstić information content (AvgIpc) is 2.48. The number of aryl methyl sites for hydroxylation is 1. The number of nitrogens with two attached hydrogens (primary N) is 1. The summed E-state index contributed by atoms with van der Waals surface area (Å²) >= 11 is 9.73. The number of amidine groups is 1. The summed E-state index contributed by atoms with van der Waals surface area (Å²) in [4.78, 5) is 0. The van der Waals surface area contributed by atoms with Gasteiger partial charge in [-0.1, -0.05) is 35.0 Å². The normalized spacial score (nSPS) is 11.5. The maximum Gasteiger partial charge on any atom is 0.170 e. The van der Waals surface area contributed by atoms with Crippen LogP contribution in [0.4, 0.5) is 5.69 Å². The Kier molecular flexibility index (Phi) is 5.09. The molecule has 4 nitrogen and oxygen atoms in total. The SMILES string of the molecule is Cc1ccc(Br)c(NCc2ccc(/C(N)=N/O)cc2Cl)c1. The number of hydrogen-bond donors (Lipinski definition) is 3. The quantitative estimate of drug-likeness (QED) is 0.329. The van der Waals surface area contributed by atoms with Crippen LogP contribution in [0, 0.1) is 6.92 Å². The molecule has 21 heavy (non-hydrogen) atoms. The highest BCUT2D eigenvalue weighted by atomic mass is 79.9. The zero-order valence-electron chi connectivity index (χ0n) is 11.4. The lowest BCUT2D eigenvalue weighted by atomic mass is 10.1. The molecule has 0 radical (unpaired) electrons. The van der Waals surface area contributed by atoms with Gasteiger partial charge in [-0.15, -0.1) is 0 Å². The Morgan fingerprint density at radius 2 is 2.10 bits per heavy atom. The molecule has 6 heteroatoms. The third-order valence-corrected chi connectivity index (χ3v) is 4.09. The number of halogens is 2. The lowest BCUT2D eigenvalue weighted by molar-refractivity contribution is 0.318. The summed E-state index contributed by atoms with van der Waals surface area (Å²) in [5.41, 5.74) is 9.23. The second kappa shape index (κ2) is 6.83. The first-order valence-electron chi connectivity index (χ1n) is 6.27. The van der Waals surface area contributed by atoms with Crippen LogP contribution in [0.1, 0.15) is 16.7 Å². The Balaban J connectivity index is 2.15. The molecule has 0 aliphatic carbocycles. The van der Waals surface area contributed by atoms with Gasteiger partial charge in [-0.3, -0.25) is 0 Å². The van der Waals surface area contributed by atoms with E-state index in [1.165, 1.54) is 5.56 Å². The van der Waals surface area contributed by atoms with E-state index in [0.717, 1.165) is 15.7 Å². The van der Waals surface area contributed by atoms with Crippen LogP contribution in [0.3, 0.4) is 0 Å². The van der Waals surface area contributed by atoms with Crippen molar-refractivity contribution in [2.45, 2.75) is 13.5 Å². The summed E-state index contributed by atoms with van der Waals surface area (Å²) in [6, 6.07) is 11.4. The van der Waals surface area contributed by atoms with Gasteiger partial charge in [0.1, 0.15) is 0 Å². The van der Waals surface area contributed by atoms with Crippen molar-refractivity contribution in [3.8, 4) is 0 Å². The third-order valence-electron chi connectivity index (χ3n) is 3.05. The van der Waals surface area contributed by atoms with Crippen LogP contribution in [0.25, 0.3) is 0 Å². The molecular formula is C15H15BrClN3O. The number of nitrogens with one attached hydrogen (secondary N) is 1. The summed E-state index contributed by atoms with van der Waals surface area (Å²) in [7, 11) is 0. The highest BCUT2D eigenvalue weighted by Gasteiger charge is 2.06. The molecule has 4 N–H and O–H groups in total. The standard InChI is InChI=1S/C15H15BrClN3O/c1-9-2-5-12(16)14(6-9)19-8-11-4-3-10(7-13(11)17)15(18)20-21/h2-7,19,21H,8H2,1H3,(H2,18,20). The van der Waals surface area contributed by atoms with Gasteiger partial charge >= 0.3 is 0 Å². The van der Waals surface area contributed by atoms with E-state index >= 15 is 0 Å². The number of rotatable bonds is 4. The fourth-order valence-electron chi connectivity index (χ4n) is 1.87. The topological polar surface area (TPSA) is 70.6 Å². The number of nitrogens with zero attached hydrogens (tertiary/aromatic N) is 1. The van der Waals surface area contributed by atoms with Crippen molar-refractivity contribution < 1.29 is 5.21 Å². The molecule has 0 saturated carbocycles. The van der Waals surface area contributed by atoms with E-state index in [0.29, 0.717) is 17.1 Å². The number of benzene rings is 2. The van der Waals surface area contributed by atoms with Crippen LogP contribution < -0.4 is 11.1 Å². The minimum Gasteiger partial charge on any atom is -0.409 e. The number of hydrogen-bond acceptors (Lipinski definition) is 3. The summed E-state index contributed by atoms with van der Waals surface area (Å²) in [6.07, 6.45) is 0. The van der Waals surface area contributed by atoms with E-state index in [9.17, 15) is 0 Å². The van der Waals surface area contributed by atoms with Crippen molar-refractivity contribution in [2.24, 2.45) is 10.9 Å². The molecule has 0 fully saturated rings. The summed E-state index contributed by atoms with van der Waals surface area (Å²) < 4.78 is 0.998. The van der Waals surface area contributed by atoms with Crippen LogP contribution >= 0.6 is 27.5 Å². The second-order valence-corrected chi connectivity index (χ2v) is 5.89. The Morgan fingerprint density at radius 1 is 1.33 bits per heavy atom. The molecule has 0 bridgehead atoms. The number of oxime groups is 1. The van der Waals surface area contributed by atoms with Crippen LogP contribution in [0.15, 0.2) is 46.0 Å². The minimum absolute atomic E-state index is 0.0397. The molecule has 0 heterocycles. The minimum atomic E-state index is 0.0397. The predicted octanol–water partition coefficient (Wildman–Crippen LogP) is 4.12. The van der Waals surface area contributed by atoms with Crippen molar-refractivity contribution in [1.29, 1.82) is 0 Å². The van der Waals surface area contributed by atoms with Gasteiger partial charge < -0.3 is 16.3 Å². The molecule has 0 saturated heterocycles. The highest BCUT2D eigenvalue weighted by Crippen LogP contribution is 2.25. The summed E-state index contributed by atoms with van der Waals surface area (Å²) in [5, 5.41) is 15.5. The van der Waals surface area contributed by atoms with E-state index in [2.05, 4.69) is 32.5 Å². The van der Waals surface area contributed by atoms with Crippen molar-refractivity contribution in [3.63, 3.8) is 0 Å². The first-order valence-corrected chi connectivity index (χ1v) is 7.44. The molecule has 2 aromatic rings. The molecule has 2 rings (SSSR count). The van der Waals surface area contributed by atoms with Crippen molar-refractivity contribution in [3.05, 3.63) is 62.6 Å². The van der Waals surface area contributed by atoms with Crippen LogP contribution in [-0.2, 0) is 6.54 Å². The number of anilines is 1. The second-order valence-electron chi connectivity index (χ2n) is 4.63. The molecular weight excluding hydrogens is 354 g/mol. The van der Waals surface area contributed by atoms with Gasteiger partial charge in [-0.05, 0) is 52.2 Å². The van der Waals surface area contributed by atoms with E-state index in [4.69, 9.17) is 22.5 Å². The van der Waals surface area contributed by atoms with Gasteiger partial charge in [0.2, 0.25) is 0 Å². The van der Waals surface area contributed by atoms with Crippen molar-refractivity contribution in [2.75, 3.05) is 5.32 Å². The van der Waals surface area contributed by atoms with E-state index in [-0.39, 0.29) is 5.84 Å². The predicted molar refractivity (Wildman–Crippen MR) is 90.2 cm³/mol. The molecule has 110 valence electrons. The molecule has 0 amide bonds. The lowest BCUT2D eigenvalue weighted by Crippen LogP contribution is -2.13. The summed E-state index contributed by atoms with van der Waals surface area (Å²) in [6.45, 7) is 2.62. The molecule has 0 aliphatic rings. The maximum atomic E-state index is 8.66. The molecule has 0 aliphatic heterocycles. The molecule has 0 aromatic heterocycles. The Morgan fingerprint density at radius 3 is 2.76 bits per heavy atom. The zero-order chi connectivity index (χ0) is 15.4. The molecule has 0 spiro atoms. The Bertz CT molecular complexity index is 689. The largest absolute Gasteiger partial charge is 0.409 e. The van der Waals surface area contributed by atoms with E-state index < -0.39 is 0 Å². The molecule has 0 atom stereocenters. The fourth-order valence-corrected chi connectivity index (χ4v) is 2.51. The van der Waals surface area contributed by atoms with Gasteiger partial charge in [0.25, 0.3) is 0 Å². The van der Waals surface area contributed by atoms with Gasteiger partial charge in [-0.2, -0.15) is 0 Å². The molecule has 0 unspecified atom stereocenters. The first kappa shape index (κ1) is 15.7. The van der Waals surface area contributed by atoms with Gasteiger partial charge in [0.05, 0.1) is 0 Å². The fraction of sp³-hybridized carbons (Fsp3) is 0.133. The first-order chi connectivity index (χ1) is 10.0. The van der Waals surface area contributed by atoms with Gasteiger partial charge in [0, 0.05) is 27.3 Å². The van der Waals surface area contributed by atoms with E-state index in [1.54, 1.807) is 12.1 Å². The highest BCUT2D eigenvalue weighted by molar-refractivity contribution is 9.10. The van der Waals surface area contributed by atoms with Crippen LogP contribution in [-0.4, -0.2) is 11.0 Å². The smallest absolute Gasteiger partial charge is 0.170 e. The van der Waals surface area contributed by atoms with Crippen LogP contribution in [0.2, 0.25) is 5.02 Å². The molecule has 2 aromatic carbocycles. The average molecular weight is 369 g/mol. The van der Waals surface area contributed by atoms with Gasteiger partial charge in [-0.25, -0.2) is 0 Å². The third kappa shape index (κ3) is 3.89. The van der Waals surface area contributed by atoms with Gasteiger partial charge in [0.15, 0.2) is 5.84 Å². The Labute approximate surface area is 136 Å². The van der Waals surface area contributed by atoms with Crippen molar-refractivity contribution in [1.82, 2.24) is 0 Å². The van der Waals surface area contributed by atoms with Crippen LogP contribution in [0.5, 0.6) is 0 Å². The lowest BCUT2D eigenvalue weighted by Gasteiger charge is -2.11.